The average Bonchev–Trinajstić information content (AvgIpc) is 2.52. The van der Waals surface area contributed by atoms with Crippen LogP contribution in [-0.4, -0.2) is 222 Å². The number of fused-ring (bicyclic) bond motifs is 6. The molecule has 0 unspecified atom stereocenters. The third-order valence-corrected chi connectivity index (χ3v) is 29.5. The minimum atomic E-state index is -3.72. The molecule has 9 aliphatic heterocycles. The molecule has 3 atom stereocenters. The van der Waals surface area contributed by atoms with Gasteiger partial charge in [0.05, 0.1) is 37.7 Å². The maximum Gasteiger partial charge on any atom is 0.296 e. The van der Waals surface area contributed by atoms with Gasteiger partial charge >= 0.3 is 0 Å². The number of carbonyl (C=O) groups excluding carboxylic acids is 3. The average molecular weight is 1990 g/mol. The molecule has 0 spiro atoms. The molecule has 36 nitrogen and oxygen atoms in total. The van der Waals surface area contributed by atoms with Crippen molar-refractivity contribution in [3.8, 4) is 34.5 Å². The molecule has 7 N–H and O–H groups in total. The highest BCUT2D eigenvalue weighted by Crippen LogP contribution is 2.47. The van der Waals surface area contributed by atoms with E-state index in [2.05, 4.69) is 92.2 Å². The van der Waals surface area contributed by atoms with Crippen LogP contribution in [-0.2, 0) is 70.2 Å². The molecule has 9 aliphatic rings. The van der Waals surface area contributed by atoms with Gasteiger partial charge in [-0.15, -0.1) is 0 Å². The van der Waals surface area contributed by atoms with Crippen molar-refractivity contribution in [2.45, 2.75) is 190 Å². The van der Waals surface area contributed by atoms with Crippen LogP contribution >= 0.6 is 83.1 Å². The first-order valence-corrected chi connectivity index (χ1v) is 47.1. The zero-order valence-corrected chi connectivity index (χ0v) is 77.5. The molecule has 43 heteroatoms. The maximum atomic E-state index is 12.9. The highest BCUT2D eigenvalue weighted by atomic mass is 79.9. The van der Waals surface area contributed by atoms with Crippen molar-refractivity contribution >= 4 is 156 Å². The number of anilines is 2. The van der Waals surface area contributed by atoms with Crippen LogP contribution in [0.4, 0.5) is 11.6 Å². The van der Waals surface area contributed by atoms with E-state index in [1.807, 2.05) is 90.3 Å². The lowest BCUT2D eigenvalue weighted by molar-refractivity contribution is -0.161. The minimum absolute atomic E-state index is 0.0230. The molecule has 6 saturated heterocycles. The fourth-order valence-electron chi connectivity index (χ4n) is 15.6. The second-order valence-electron chi connectivity index (χ2n) is 32.4. The third-order valence-electron chi connectivity index (χ3n) is 22.5. The molecule has 0 aliphatic carbocycles. The molecule has 125 heavy (non-hydrogen) atoms. The monoisotopic (exact) mass is 1980 g/mol. The first kappa shape index (κ1) is 89.7. The van der Waals surface area contributed by atoms with Crippen LogP contribution in [0.2, 0.25) is 0 Å². The van der Waals surface area contributed by atoms with Gasteiger partial charge in [0.2, 0.25) is 20.4 Å². The van der Waals surface area contributed by atoms with E-state index in [0.717, 1.165) is 141 Å². The quantitative estimate of drug-likeness (QED) is 0.0442. The lowest BCUT2D eigenvalue weighted by atomic mass is 9.93. The van der Waals surface area contributed by atoms with Crippen LogP contribution in [0.1, 0.15) is 105 Å². The van der Waals surface area contributed by atoms with Crippen molar-refractivity contribution in [1.82, 2.24) is 73.7 Å². The van der Waals surface area contributed by atoms with E-state index < -0.39 is 45.8 Å². The smallest absolute Gasteiger partial charge is 0.296 e. The summed E-state index contributed by atoms with van der Waals surface area (Å²) < 4.78 is 103. The Hall–Kier alpha value is -8.70. The van der Waals surface area contributed by atoms with Crippen molar-refractivity contribution in [3.63, 3.8) is 0 Å². The van der Waals surface area contributed by atoms with Crippen LogP contribution in [0.15, 0.2) is 128 Å². The van der Waals surface area contributed by atoms with Gasteiger partial charge in [0.15, 0.2) is 125 Å². The van der Waals surface area contributed by atoms with Crippen LogP contribution in [0, 0.1) is 30.1 Å². The van der Waals surface area contributed by atoms with Gasteiger partial charge in [-0.3, -0.25) is 24.0 Å². The number of benzene rings is 4. The van der Waals surface area contributed by atoms with E-state index >= 15 is 0 Å². The number of piperidine rings is 3. The minimum Gasteiger partial charge on any atom is -0.454 e. The third kappa shape index (κ3) is 21.5. The van der Waals surface area contributed by atoms with Gasteiger partial charge in [0.25, 0.3) is 27.8 Å². The molecular weight excluding hydrogens is 1890 g/mol. The van der Waals surface area contributed by atoms with E-state index in [0.29, 0.717) is 129 Å². The van der Waals surface area contributed by atoms with E-state index in [-0.39, 0.29) is 61.7 Å². The number of aryl methyl sites for hydroxylation is 3. The number of nitrogen functional groups attached to an aromatic ring is 2. The Balaban J connectivity index is 0.000000126. The number of ether oxygens (including phenoxy) is 12. The van der Waals surface area contributed by atoms with Crippen LogP contribution in [0.25, 0.3) is 33.5 Å². The summed E-state index contributed by atoms with van der Waals surface area (Å²) in [5.41, 5.74) is 16.9. The van der Waals surface area contributed by atoms with E-state index in [1.165, 1.54) is 47.9 Å². The molecule has 0 radical (unpaired) electrons. The molecule has 0 bridgehead atoms. The SMILES string of the molecule is CC1(C)OC[C@@H](C(=O)N2CCC(CCn3c(Sc4cc5c(cc4Br)OCO5)nc4c(N)ncnc43)CC2)O1.CC1(C)OC[C@@H](C(=O)N2CCC(CCn3cnc(=N)c4[nH]c(Sc5cc6c(cc5Br)OCO6)nc43)CC2)O1.Cc1ccc(S(=O)(=O)OCCC2CCN(C(=O)[C@@H]3COC(C)(C)O3)CC2)cc1.Nc1ncnc2nc(Sc3cc4c(cc3Br)OCO4)[nH]c12. The Morgan fingerprint density at radius 3 is 1.42 bits per heavy atom. The van der Waals surface area contributed by atoms with Crippen molar-refractivity contribution in [3.05, 3.63) is 104 Å². The summed E-state index contributed by atoms with van der Waals surface area (Å²) in [6, 6.07) is 18.1. The number of likely N-dealkylation sites (tertiary alicyclic amines) is 3. The summed E-state index contributed by atoms with van der Waals surface area (Å²) in [4.78, 5) is 88.2. The lowest BCUT2D eigenvalue weighted by Crippen LogP contribution is -2.45. The number of amides is 3. The number of aromatic amines is 2. The molecule has 666 valence electrons. The number of imidazole rings is 3. The Kier molecular flexibility index (Phi) is 27.5. The number of hydrogen-bond donors (Lipinski definition) is 5. The van der Waals surface area contributed by atoms with Gasteiger partial charge in [-0.1, -0.05) is 53.0 Å². The van der Waals surface area contributed by atoms with Crippen LogP contribution < -0.4 is 45.4 Å². The summed E-state index contributed by atoms with van der Waals surface area (Å²) in [5.74, 6) is 4.23. The maximum absolute atomic E-state index is 12.9. The van der Waals surface area contributed by atoms with Crippen molar-refractivity contribution < 1.29 is 83.8 Å². The number of hydrogen-bond acceptors (Lipinski definition) is 32. The van der Waals surface area contributed by atoms with E-state index in [1.54, 1.807) is 44.4 Å². The number of nitrogens with zero attached hydrogens (tertiary/aromatic N) is 13. The molecule has 19 rings (SSSR count). The van der Waals surface area contributed by atoms with Crippen LogP contribution in [0.3, 0.4) is 0 Å². The van der Waals surface area contributed by atoms with Crippen molar-refractivity contribution in [2.24, 2.45) is 17.8 Å². The number of rotatable bonds is 20. The van der Waals surface area contributed by atoms with Crippen molar-refractivity contribution in [1.29, 1.82) is 5.41 Å². The second-order valence-corrected chi connectivity index (χ2v) is 39.7. The normalized spacial score (nSPS) is 20.1. The van der Waals surface area contributed by atoms with Crippen molar-refractivity contribution in [2.75, 3.05) is 97.5 Å². The number of H-pyrrole nitrogens is 2. The predicted molar refractivity (Wildman–Crippen MR) is 468 cm³/mol. The molecule has 10 aromatic rings. The summed E-state index contributed by atoms with van der Waals surface area (Å²) in [6.07, 6.45) is 10.9. The summed E-state index contributed by atoms with van der Waals surface area (Å²) >= 11 is 15.2. The number of nitrogens with two attached hydrogens (primary N) is 2. The predicted octanol–water partition coefficient (Wildman–Crippen LogP) is 12.6. The molecule has 6 fully saturated rings. The van der Waals surface area contributed by atoms with Gasteiger partial charge in [-0.2, -0.15) is 8.42 Å². The zero-order valence-electron chi connectivity index (χ0n) is 69.5. The van der Waals surface area contributed by atoms with Gasteiger partial charge in [0, 0.05) is 80.5 Å². The summed E-state index contributed by atoms with van der Waals surface area (Å²) in [7, 11) is -3.72. The Morgan fingerprint density at radius 2 is 0.952 bits per heavy atom. The van der Waals surface area contributed by atoms with Gasteiger partial charge in [-0.05, 0) is 220 Å². The Bertz CT molecular complexity index is 5830. The highest BCUT2D eigenvalue weighted by molar-refractivity contribution is 9.11. The molecular formula is C82H95Br3N18O18S4. The van der Waals surface area contributed by atoms with Gasteiger partial charge in [0.1, 0.15) is 23.7 Å². The topological polar surface area (TPSA) is 436 Å². The standard InChI is InChI=1S/2C25H29BrN6O5S.C20H29NO6S.C12H8BrN5O2S/c1-25(2)36-11-18(37-25)23(33)31-6-3-14(4-7-31)5-8-32-12-28-21(27)20-22(32)30-24(29-20)38-19-10-17-16(9-15(19)26)34-13-35-17;1-25(2)36-11-18(37-25)23(33)31-6-3-14(4-7-31)5-8-32-22-20(21(27)28-12-29-22)30-24(32)38-19-10-17-16(9-15(19)26)34-13-35-17;1-15-4-6-17(7-5-15)28(23,24)26-13-10-16-8-11-21(12-9-16)19(22)18-14-25-20(2,3)27-18;13-5-1-6-7(20-4-19-6)2-8(5)21-12-17-9-10(14)15-3-16-11(9)18-12/h9-10,12,14,18,27H,3-8,11,13H2,1-2H3,(H,29,30);9-10,12,14,18H,3-8,11,13H2,1-2H3,(H2,27,28,29);4-7,16,18H,8-14H2,1-3H3;1-3H,4H2,(H3,14,15,16,17,18)/t3*18-;/m000./s1. The largest absolute Gasteiger partial charge is 0.454 e. The van der Waals surface area contributed by atoms with E-state index in [4.69, 9.17) is 87.9 Å². The summed E-state index contributed by atoms with van der Waals surface area (Å²) in [6.45, 7) is 20.2. The number of nitrogens with one attached hydrogen (secondary N) is 3. The number of aromatic nitrogens is 12. The molecule has 0 saturated carbocycles. The van der Waals surface area contributed by atoms with Gasteiger partial charge < -0.3 is 102 Å². The highest BCUT2D eigenvalue weighted by Gasteiger charge is 2.43. The van der Waals surface area contributed by atoms with E-state index in [9.17, 15) is 22.8 Å². The lowest BCUT2D eigenvalue weighted by Gasteiger charge is -2.33. The summed E-state index contributed by atoms with van der Waals surface area (Å²) in [5, 5.41) is 10.4. The van der Waals surface area contributed by atoms with Gasteiger partial charge in [-0.25, -0.2) is 39.9 Å². The first-order chi connectivity index (χ1) is 59.9. The molecule has 3 amide bonds. The molecule has 6 aromatic heterocycles. The number of halogens is 3. The zero-order chi connectivity index (χ0) is 87.6. The van der Waals surface area contributed by atoms with Crippen LogP contribution in [0.5, 0.6) is 34.5 Å². The molecule has 15 heterocycles. The molecule has 4 aromatic carbocycles. The fourth-order valence-corrected chi connectivity index (χ4v) is 20.8. The Labute approximate surface area is 757 Å². The fraction of sp³-hybridized carbons (Fsp3) is 0.488. The Morgan fingerprint density at radius 1 is 0.528 bits per heavy atom. The first-order valence-electron chi connectivity index (χ1n) is 40.9. The number of carbonyl (C=O) groups is 3. The second kappa shape index (κ2) is 38.3.